The van der Waals surface area contributed by atoms with Crippen molar-refractivity contribution in [2.45, 2.75) is 32.1 Å². The zero-order valence-corrected chi connectivity index (χ0v) is 12.2. The Hall–Kier alpha value is -2.10. The molecule has 110 valence electrons. The number of H-pyrrole nitrogens is 1. The lowest BCUT2D eigenvalue weighted by atomic mass is 9.92. The molecule has 3 rings (SSSR count). The molecule has 1 aromatic heterocycles. The van der Waals surface area contributed by atoms with Gasteiger partial charge in [0.2, 0.25) is 0 Å². The summed E-state index contributed by atoms with van der Waals surface area (Å²) in [5, 5.41) is 0. The van der Waals surface area contributed by atoms with Crippen LogP contribution in [0.1, 0.15) is 45.2 Å². The number of nitrogens with one attached hydrogen (secondary N) is 1. The van der Waals surface area contributed by atoms with Crippen molar-refractivity contribution in [3.63, 3.8) is 0 Å². The largest absolute Gasteiger partial charge is 0.464 e. The van der Waals surface area contributed by atoms with Crippen molar-refractivity contribution >= 4 is 5.97 Å². The molecule has 0 aliphatic heterocycles. The number of hydrogen-bond acceptors (Lipinski definition) is 2. The Balaban J connectivity index is 1.84. The first-order chi connectivity index (χ1) is 10.1. The van der Waals surface area contributed by atoms with Gasteiger partial charge in [-0.15, -0.1) is 0 Å². The third-order valence-corrected chi connectivity index (χ3v) is 4.29. The van der Waals surface area contributed by atoms with Gasteiger partial charge in [-0.1, -0.05) is 6.07 Å². The highest BCUT2D eigenvalue weighted by Gasteiger charge is 2.27. The number of carbonyl (C=O) groups is 1. The molecular formula is C17H18FNO2. The Morgan fingerprint density at radius 2 is 2.24 bits per heavy atom. The Morgan fingerprint density at radius 1 is 1.43 bits per heavy atom. The molecule has 0 amide bonds. The highest BCUT2D eigenvalue weighted by molar-refractivity contribution is 5.88. The lowest BCUT2D eigenvalue weighted by Crippen LogP contribution is -2.03. The summed E-state index contributed by atoms with van der Waals surface area (Å²) in [4.78, 5) is 14.7. The molecule has 21 heavy (non-hydrogen) atoms. The van der Waals surface area contributed by atoms with Crippen LogP contribution in [0.3, 0.4) is 0 Å². The number of halogens is 1. The first-order valence-corrected chi connectivity index (χ1v) is 7.13. The van der Waals surface area contributed by atoms with Gasteiger partial charge in [0.1, 0.15) is 11.5 Å². The summed E-state index contributed by atoms with van der Waals surface area (Å²) < 4.78 is 17.9. The smallest absolute Gasteiger partial charge is 0.354 e. The summed E-state index contributed by atoms with van der Waals surface area (Å²) in [6, 6.07) is 6.84. The third kappa shape index (κ3) is 2.58. The van der Waals surface area contributed by atoms with Gasteiger partial charge in [-0.2, -0.15) is 0 Å². The fourth-order valence-electron chi connectivity index (χ4n) is 3.14. The van der Waals surface area contributed by atoms with Crippen molar-refractivity contribution in [3.05, 3.63) is 58.2 Å². The number of hydrogen-bond donors (Lipinski definition) is 1. The zero-order valence-electron chi connectivity index (χ0n) is 12.2. The minimum Gasteiger partial charge on any atom is -0.464 e. The molecule has 0 saturated carbocycles. The van der Waals surface area contributed by atoms with Crippen LogP contribution in [0.5, 0.6) is 0 Å². The number of methoxy groups -OCH3 is 1. The molecule has 1 unspecified atom stereocenters. The van der Waals surface area contributed by atoms with E-state index in [1.807, 2.05) is 19.1 Å². The van der Waals surface area contributed by atoms with Crippen LogP contribution in [-0.4, -0.2) is 18.1 Å². The molecule has 1 heterocycles. The van der Waals surface area contributed by atoms with Crippen molar-refractivity contribution in [1.29, 1.82) is 0 Å². The molecule has 1 aromatic carbocycles. The van der Waals surface area contributed by atoms with E-state index < -0.39 is 0 Å². The second-order valence-corrected chi connectivity index (χ2v) is 5.62. The van der Waals surface area contributed by atoms with Crippen LogP contribution < -0.4 is 0 Å². The molecule has 1 N–H and O–H groups in total. The number of aromatic nitrogens is 1. The van der Waals surface area contributed by atoms with Crippen molar-refractivity contribution < 1.29 is 13.9 Å². The Bertz CT molecular complexity index is 690. The predicted octanol–water partition coefficient (Wildman–Crippen LogP) is 3.52. The molecule has 0 radical (unpaired) electrons. The monoisotopic (exact) mass is 287 g/mol. The highest BCUT2D eigenvalue weighted by atomic mass is 19.1. The lowest BCUT2D eigenvalue weighted by molar-refractivity contribution is 0.0594. The first kappa shape index (κ1) is 13.9. The molecule has 1 aliphatic rings. The third-order valence-electron chi connectivity index (χ3n) is 4.29. The number of fused-ring (bicyclic) bond motifs is 1. The maximum atomic E-state index is 13.2. The summed E-state index contributed by atoms with van der Waals surface area (Å²) >= 11 is 0. The molecule has 1 atom stereocenters. The quantitative estimate of drug-likeness (QED) is 0.878. The number of carbonyl (C=O) groups excluding carboxylic acids is 1. The number of aryl methyl sites for hydroxylation is 2. The van der Waals surface area contributed by atoms with E-state index in [1.165, 1.54) is 18.7 Å². The average Bonchev–Trinajstić information content (AvgIpc) is 3.02. The van der Waals surface area contributed by atoms with E-state index in [0.717, 1.165) is 36.1 Å². The molecule has 1 aliphatic carbocycles. The molecular weight excluding hydrogens is 269 g/mol. The molecule has 0 saturated heterocycles. The normalized spacial score (nSPS) is 16.8. The molecule has 4 heteroatoms. The molecule has 3 nitrogen and oxygen atoms in total. The maximum Gasteiger partial charge on any atom is 0.354 e. The summed E-state index contributed by atoms with van der Waals surface area (Å²) in [5.74, 6) is -0.155. The van der Waals surface area contributed by atoms with Gasteiger partial charge in [0.15, 0.2) is 0 Å². The second-order valence-electron chi connectivity index (χ2n) is 5.62. The van der Waals surface area contributed by atoms with Crippen LogP contribution >= 0.6 is 0 Å². The Kier molecular flexibility index (Phi) is 3.53. The molecule has 0 spiro atoms. The Morgan fingerprint density at radius 3 is 2.95 bits per heavy atom. The van der Waals surface area contributed by atoms with Gasteiger partial charge in [0.05, 0.1) is 7.11 Å². The molecule has 0 bridgehead atoms. The van der Waals surface area contributed by atoms with E-state index in [9.17, 15) is 9.18 Å². The van der Waals surface area contributed by atoms with E-state index in [4.69, 9.17) is 4.74 Å². The van der Waals surface area contributed by atoms with Crippen molar-refractivity contribution in [2.75, 3.05) is 7.11 Å². The topological polar surface area (TPSA) is 42.1 Å². The van der Waals surface area contributed by atoms with Gasteiger partial charge in [-0.3, -0.25) is 0 Å². The first-order valence-electron chi connectivity index (χ1n) is 7.13. The lowest BCUT2D eigenvalue weighted by Gasteiger charge is -2.12. The average molecular weight is 287 g/mol. The maximum absolute atomic E-state index is 13.2. The minimum atomic E-state index is -0.332. The van der Waals surface area contributed by atoms with E-state index in [2.05, 4.69) is 4.98 Å². The fraction of sp³-hybridized carbons (Fsp3) is 0.353. The predicted molar refractivity (Wildman–Crippen MR) is 78.0 cm³/mol. The number of esters is 1. The fourth-order valence-corrected chi connectivity index (χ4v) is 3.14. The van der Waals surface area contributed by atoms with Crippen LogP contribution in [0.15, 0.2) is 24.3 Å². The zero-order chi connectivity index (χ0) is 15.0. The highest BCUT2D eigenvalue weighted by Crippen LogP contribution is 2.36. The molecule has 0 fully saturated rings. The summed E-state index contributed by atoms with van der Waals surface area (Å²) in [7, 11) is 1.38. The summed E-state index contributed by atoms with van der Waals surface area (Å²) in [6.45, 7) is 1.94. The van der Waals surface area contributed by atoms with E-state index >= 15 is 0 Å². The van der Waals surface area contributed by atoms with Gasteiger partial charge in [-0.25, -0.2) is 9.18 Å². The Labute approximate surface area is 123 Å². The van der Waals surface area contributed by atoms with E-state index in [-0.39, 0.29) is 11.8 Å². The number of aromatic amines is 1. The SMILES string of the molecule is COC(=O)c1cc2c([nH]1)CCC2Cc1ccc(F)cc1C. The number of benzene rings is 1. The van der Waals surface area contributed by atoms with Crippen LogP contribution in [0.2, 0.25) is 0 Å². The second kappa shape index (κ2) is 5.35. The van der Waals surface area contributed by atoms with E-state index in [0.29, 0.717) is 11.6 Å². The van der Waals surface area contributed by atoms with Gasteiger partial charge in [0, 0.05) is 5.69 Å². The van der Waals surface area contributed by atoms with Crippen LogP contribution in [0.4, 0.5) is 4.39 Å². The number of rotatable bonds is 3. The van der Waals surface area contributed by atoms with Crippen LogP contribution in [0.25, 0.3) is 0 Å². The summed E-state index contributed by atoms with van der Waals surface area (Å²) in [6.07, 6.45) is 2.87. The minimum absolute atomic E-state index is 0.196. The van der Waals surface area contributed by atoms with Gasteiger partial charge < -0.3 is 9.72 Å². The standard InChI is InChI=1S/C17H18FNO2/c1-10-7-13(18)5-3-11(10)8-12-4-6-15-14(12)9-16(19-15)17(20)21-2/h3,5,7,9,12,19H,4,6,8H2,1-2H3. The van der Waals surface area contributed by atoms with Crippen molar-refractivity contribution in [2.24, 2.45) is 0 Å². The van der Waals surface area contributed by atoms with Gasteiger partial charge in [0.25, 0.3) is 0 Å². The molecule has 2 aromatic rings. The van der Waals surface area contributed by atoms with Gasteiger partial charge in [-0.05, 0) is 67.0 Å². The summed E-state index contributed by atoms with van der Waals surface area (Å²) in [5.41, 5.74) is 4.98. The van der Waals surface area contributed by atoms with Crippen molar-refractivity contribution in [3.8, 4) is 0 Å². The van der Waals surface area contributed by atoms with Crippen LogP contribution in [-0.2, 0) is 17.6 Å². The van der Waals surface area contributed by atoms with Crippen molar-refractivity contribution in [1.82, 2.24) is 4.98 Å². The van der Waals surface area contributed by atoms with E-state index in [1.54, 1.807) is 6.07 Å². The number of ether oxygens (including phenoxy) is 1. The van der Waals surface area contributed by atoms with Crippen LogP contribution in [0, 0.1) is 12.7 Å². The van der Waals surface area contributed by atoms with Gasteiger partial charge >= 0.3 is 5.97 Å².